The minimum Gasteiger partial charge on any atom is -0.368 e. The molecule has 2 aliphatic rings. The predicted octanol–water partition coefficient (Wildman–Crippen LogP) is 2.97. The maximum absolute atomic E-state index is 12.6. The van der Waals surface area contributed by atoms with Gasteiger partial charge >= 0.3 is 0 Å². The minimum atomic E-state index is 0.0168. The Kier molecular flexibility index (Phi) is 4.10. The lowest BCUT2D eigenvalue weighted by Crippen LogP contribution is -2.48. The summed E-state index contributed by atoms with van der Waals surface area (Å²) in [4.78, 5) is 25.4. The Bertz CT molecular complexity index is 737. The van der Waals surface area contributed by atoms with Crippen LogP contribution in [-0.2, 0) is 0 Å². The van der Waals surface area contributed by atoms with Crippen LogP contribution >= 0.6 is 11.6 Å². The Hall–Kier alpha value is -2.14. The Morgan fingerprint density at radius 3 is 2.42 bits per heavy atom. The Balaban J connectivity index is 1.38. The van der Waals surface area contributed by atoms with Gasteiger partial charge in [-0.3, -0.25) is 4.79 Å². The molecule has 1 saturated carbocycles. The molecule has 0 unspecified atom stereocenters. The third-order valence-electron chi connectivity index (χ3n) is 4.60. The molecular weight excluding hydrogens is 324 g/mol. The van der Waals surface area contributed by atoms with Crippen molar-refractivity contribution in [2.45, 2.75) is 18.8 Å². The van der Waals surface area contributed by atoms with Crippen LogP contribution in [0.1, 0.15) is 34.9 Å². The van der Waals surface area contributed by atoms with Gasteiger partial charge in [0, 0.05) is 55.2 Å². The van der Waals surface area contributed by atoms with E-state index in [2.05, 4.69) is 14.9 Å². The Morgan fingerprint density at radius 1 is 1.08 bits per heavy atom. The van der Waals surface area contributed by atoms with E-state index in [1.54, 1.807) is 12.4 Å². The first-order valence-electron chi connectivity index (χ1n) is 8.32. The summed E-state index contributed by atoms with van der Waals surface area (Å²) >= 11 is 6.06. The van der Waals surface area contributed by atoms with Crippen molar-refractivity contribution >= 4 is 23.2 Å². The Morgan fingerprint density at radius 2 is 1.79 bits per heavy atom. The first kappa shape index (κ1) is 15.4. The predicted molar refractivity (Wildman–Crippen MR) is 93.6 cm³/mol. The molecule has 1 amide bonds. The number of anilines is 1. The van der Waals surface area contributed by atoms with E-state index in [1.807, 2.05) is 29.2 Å². The molecule has 4 rings (SSSR count). The molecule has 2 heterocycles. The average molecular weight is 343 g/mol. The lowest BCUT2D eigenvalue weighted by Gasteiger charge is -2.36. The quantitative estimate of drug-likeness (QED) is 0.860. The Labute approximate surface area is 146 Å². The molecular formula is C18H19ClN4O. The summed E-state index contributed by atoms with van der Waals surface area (Å²) in [5.74, 6) is 1.40. The maximum atomic E-state index is 12.6. The molecule has 0 bridgehead atoms. The molecule has 1 saturated heterocycles. The summed E-state index contributed by atoms with van der Waals surface area (Å²) in [6.45, 7) is 2.98. The highest BCUT2D eigenvalue weighted by molar-refractivity contribution is 6.30. The summed E-state index contributed by atoms with van der Waals surface area (Å²) in [7, 11) is 0. The number of nitrogens with zero attached hydrogens (tertiary/aromatic N) is 4. The number of piperazine rings is 1. The zero-order valence-electron chi connectivity index (χ0n) is 13.4. The van der Waals surface area contributed by atoms with Crippen LogP contribution in [0.2, 0.25) is 5.02 Å². The van der Waals surface area contributed by atoms with Gasteiger partial charge in [-0.25, -0.2) is 9.97 Å². The van der Waals surface area contributed by atoms with E-state index in [9.17, 15) is 4.79 Å². The van der Waals surface area contributed by atoms with Crippen LogP contribution in [0.15, 0.2) is 36.7 Å². The second kappa shape index (κ2) is 6.40. The number of hydrogen-bond acceptors (Lipinski definition) is 4. The van der Waals surface area contributed by atoms with Crippen molar-refractivity contribution in [3.05, 3.63) is 53.1 Å². The third-order valence-corrected chi connectivity index (χ3v) is 4.84. The molecule has 1 aromatic carbocycles. The number of amides is 1. The molecule has 124 valence electrons. The number of carbonyl (C=O) groups is 1. The first-order valence-corrected chi connectivity index (χ1v) is 8.70. The third kappa shape index (κ3) is 3.22. The van der Waals surface area contributed by atoms with Crippen LogP contribution in [0.25, 0.3) is 0 Å². The van der Waals surface area contributed by atoms with E-state index in [-0.39, 0.29) is 5.91 Å². The monoisotopic (exact) mass is 342 g/mol. The van der Waals surface area contributed by atoms with Gasteiger partial charge in [0.2, 0.25) is 0 Å². The molecule has 2 aromatic rings. The fraction of sp³-hybridized carbons (Fsp3) is 0.389. The molecule has 1 aliphatic carbocycles. The van der Waals surface area contributed by atoms with Gasteiger partial charge in [-0.05, 0) is 31.0 Å². The van der Waals surface area contributed by atoms with E-state index < -0.39 is 0 Å². The van der Waals surface area contributed by atoms with Crippen LogP contribution < -0.4 is 4.90 Å². The maximum Gasteiger partial charge on any atom is 0.257 e. The lowest BCUT2D eigenvalue weighted by atomic mass is 10.2. The topological polar surface area (TPSA) is 49.3 Å². The van der Waals surface area contributed by atoms with E-state index >= 15 is 0 Å². The molecule has 1 aliphatic heterocycles. The van der Waals surface area contributed by atoms with Crippen LogP contribution in [0.3, 0.4) is 0 Å². The SMILES string of the molecule is O=C(c1cnc(C2CC2)nc1)N1CCN(c2cccc(Cl)c2)CC1. The number of carbonyl (C=O) groups excluding carboxylic acids is 1. The standard InChI is InChI=1S/C18H19ClN4O/c19-15-2-1-3-16(10-15)22-6-8-23(9-7-22)18(24)14-11-20-17(21-12-14)13-4-5-13/h1-3,10-13H,4-9H2. The van der Waals surface area contributed by atoms with Crippen LogP contribution in [-0.4, -0.2) is 47.0 Å². The van der Waals surface area contributed by atoms with Crippen LogP contribution in [0, 0.1) is 0 Å². The minimum absolute atomic E-state index is 0.0168. The van der Waals surface area contributed by atoms with Crippen molar-refractivity contribution in [3.63, 3.8) is 0 Å². The van der Waals surface area contributed by atoms with Crippen molar-refractivity contribution in [2.75, 3.05) is 31.1 Å². The number of rotatable bonds is 3. The highest BCUT2D eigenvalue weighted by Gasteiger charge is 2.27. The fourth-order valence-corrected chi connectivity index (χ4v) is 3.21. The number of benzene rings is 1. The summed E-state index contributed by atoms with van der Waals surface area (Å²) in [6, 6.07) is 7.83. The van der Waals surface area contributed by atoms with Gasteiger partial charge in [0.1, 0.15) is 5.82 Å². The largest absolute Gasteiger partial charge is 0.368 e. The normalized spacial score (nSPS) is 17.9. The molecule has 0 N–H and O–H groups in total. The molecule has 24 heavy (non-hydrogen) atoms. The highest BCUT2D eigenvalue weighted by Crippen LogP contribution is 2.37. The van der Waals surface area contributed by atoms with Gasteiger partial charge in [-0.1, -0.05) is 17.7 Å². The smallest absolute Gasteiger partial charge is 0.257 e. The van der Waals surface area contributed by atoms with Gasteiger partial charge in [-0.2, -0.15) is 0 Å². The molecule has 5 nitrogen and oxygen atoms in total. The molecule has 0 atom stereocenters. The average Bonchev–Trinajstić information content (AvgIpc) is 3.47. The second-order valence-corrected chi connectivity index (χ2v) is 6.80. The number of halogens is 1. The van der Waals surface area contributed by atoms with Crippen molar-refractivity contribution in [2.24, 2.45) is 0 Å². The van der Waals surface area contributed by atoms with Crippen LogP contribution in [0.4, 0.5) is 5.69 Å². The van der Waals surface area contributed by atoms with Gasteiger partial charge in [0.25, 0.3) is 5.91 Å². The summed E-state index contributed by atoms with van der Waals surface area (Å²) < 4.78 is 0. The molecule has 1 aromatic heterocycles. The summed E-state index contributed by atoms with van der Waals surface area (Å²) in [5, 5.41) is 0.735. The van der Waals surface area contributed by atoms with Gasteiger partial charge in [0.05, 0.1) is 5.56 Å². The molecule has 2 fully saturated rings. The zero-order chi connectivity index (χ0) is 16.5. The van der Waals surface area contributed by atoms with Crippen molar-refractivity contribution in [1.82, 2.24) is 14.9 Å². The number of hydrogen-bond donors (Lipinski definition) is 0. The van der Waals surface area contributed by atoms with Crippen molar-refractivity contribution < 1.29 is 4.79 Å². The zero-order valence-corrected chi connectivity index (χ0v) is 14.1. The molecule has 0 radical (unpaired) electrons. The molecule has 0 spiro atoms. The van der Waals surface area contributed by atoms with Crippen molar-refractivity contribution in [1.29, 1.82) is 0 Å². The fourth-order valence-electron chi connectivity index (χ4n) is 3.02. The lowest BCUT2D eigenvalue weighted by molar-refractivity contribution is 0.0746. The summed E-state index contributed by atoms with van der Waals surface area (Å²) in [5.41, 5.74) is 1.68. The highest BCUT2D eigenvalue weighted by atomic mass is 35.5. The second-order valence-electron chi connectivity index (χ2n) is 6.36. The van der Waals surface area contributed by atoms with Gasteiger partial charge in [0.15, 0.2) is 0 Å². The summed E-state index contributed by atoms with van der Waals surface area (Å²) in [6.07, 6.45) is 5.68. The van der Waals surface area contributed by atoms with E-state index in [0.717, 1.165) is 29.6 Å². The molecule has 6 heteroatoms. The van der Waals surface area contributed by atoms with Gasteiger partial charge in [-0.15, -0.1) is 0 Å². The van der Waals surface area contributed by atoms with Crippen molar-refractivity contribution in [3.8, 4) is 0 Å². The van der Waals surface area contributed by atoms with E-state index in [0.29, 0.717) is 24.6 Å². The van der Waals surface area contributed by atoms with Crippen LogP contribution in [0.5, 0.6) is 0 Å². The van der Waals surface area contributed by atoms with E-state index in [4.69, 9.17) is 11.6 Å². The number of aromatic nitrogens is 2. The first-order chi connectivity index (χ1) is 11.7. The van der Waals surface area contributed by atoms with Gasteiger partial charge < -0.3 is 9.80 Å². The van der Waals surface area contributed by atoms with E-state index in [1.165, 1.54) is 12.8 Å².